The molecule has 18 heavy (non-hydrogen) atoms. The van der Waals surface area contributed by atoms with Gasteiger partial charge in [0, 0.05) is 7.11 Å². The van der Waals surface area contributed by atoms with Gasteiger partial charge in [0.05, 0.1) is 11.1 Å². The lowest BCUT2D eigenvalue weighted by molar-refractivity contribution is 0.0755. The minimum absolute atomic E-state index is 0.127. The van der Waals surface area contributed by atoms with E-state index in [9.17, 15) is 4.79 Å². The summed E-state index contributed by atoms with van der Waals surface area (Å²) in [6, 6.07) is 8.26. The van der Waals surface area contributed by atoms with Gasteiger partial charge in [-0.1, -0.05) is 24.3 Å². The average Bonchev–Trinajstić information content (AvgIpc) is 3.15. The molecule has 0 spiro atoms. The maximum absolute atomic E-state index is 10.7. The fraction of sp³-hybridized carbons (Fsp3) is 0.533. The highest BCUT2D eigenvalue weighted by atomic mass is 16.5. The summed E-state index contributed by atoms with van der Waals surface area (Å²) in [5.41, 5.74) is 1.93. The second kappa shape index (κ2) is 4.04. The lowest BCUT2D eigenvalue weighted by Gasteiger charge is -2.39. The fourth-order valence-corrected chi connectivity index (χ4v) is 3.02. The predicted octanol–water partition coefficient (Wildman–Crippen LogP) is 3.04. The van der Waals surface area contributed by atoms with Crippen LogP contribution in [0, 0.1) is 0 Å². The van der Waals surface area contributed by atoms with Gasteiger partial charge in [-0.3, -0.25) is 0 Å². The summed E-state index contributed by atoms with van der Waals surface area (Å²) in [4.78, 5) is 14.8. The van der Waals surface area contributed by atoms with Crippen LogP contribution in [-0.2, 0) is 20.7 Å². The first-order valence-electron chi connectivity index (χ1n) is 6.51. The van der Waals surface area contributed by atoms with E-state index in [4.69, 9.17) is 4.74 Å². The summed E-state index contributed by atoms with van der Waals surface area (Å²) in [7, 11) is 1.76. The number of ether oxygens (including phenoxy) is 1. The Labute approximate surface area is 107 Å². The van der Waals surface area contributed by atoms with E-state index in [1.807, 2.05) is 12.1 Å². The van der Waals surface area contributed by atoms with Gasteiger partial charge < -0.3 is 4.74 Å². The van der Waals surface area contributed by atoms with E-state index in [1.54, 1.807) is 13.2 Å². The zero-order valence-electron chi connectivity index (χ0n) is 10.6. The molecule has 0 atom stereocenters. The predicted molar refractivity (Wildman–Crippen MR) is 68.0 cm³/mol. The first kappa shape index (κ1) is 11.6. The number of benzene rings is 1. The van der Waals surface area contributed by atoms with Gasteiger partial charge in [0.15, 0.2) is 0 Å². The molecule has 3 nitrogen and oxygen atoms in total. The van der Waals surface area contributed by atoms with Gasteiger partial charge >= 0.3 is 0 Å². The summed E-state index contributed by atoms with van der Waals surface area (Å²) in [5, 5.41) is 0. The van der Waals surface area contributed by atoms with Crippen LogP contribution in [-0.4, -0.2) is 13.2 Å². The molecule has 3 rings (SSSR count). The van der Waals surface area contributed by atoms with Gasteiger partial charge in [-0.05, 0) is 43.2 Å². The first-order chi connectivity index (χ1) is 8.76. The van der Waals surface area contributed by atoms with Gasteiger partial charge in [-0.2, -0.15) is 4.99 Å². The second-order valence-electron chi connectivity index (χ2n) is 5.33. The Morgan fingerprint density at radius 3 is 2.28 bits per heavy atom. The number of hydrogen-bond acceptors (Lipinski definition) is 3. The number of hydrogen-bond donors (Lipinski definition) is 0. The SMILES string of the molecule is COC1(c2ccccc2C2(N=C=O)CCC2)CC1. The van der Waals surface area contributed by atoms with Crippen LogP contribution in [0.5, 0.6) is 0 Å². The second-order valence-corrected chi connectivity index (χ2v) is 5.33. The summed E-state index contributed by atoms with van der Waals surface area (Å²) in [5.74, 6) is 0. The molecule has 0 aromatic heterocycles. The zero-order chi connectivity index (χ0) is 12.6. The minimum atomic E-state index is -0.327. The molecule has 0 bridgehead atoms. The van der Waals surface area contributed by atoms with Crippen molar-refractivity contribution in [3.63, 3.8) is 0 Å². The lowest BCUT2D eigenvalue weighted by Crippen LogP contribution is -2.34. The van der Waals surface area contributed by atoms with E-state index in [-0.39, 0.29) is 11.1 Å². The van der Waals surface area contributed by atoms with Crippen molar-refractivity contribution >= 4 is 6.08 Å². The highest BCUT2D eigenvalue weighted by molar-refractivity contribution is 5.45. The minimum Gasteiger partial charge on any atom is -0.374 e. The van der Waals surface area contributed by atoms with E-state index >= 15 is 0 Å². The number of aliphatic imine (C=N–C) groups is 1. The van der Waals surface area contributed by atoms with E-state index in [1.165, 1.54) is 11.1 Å². The van der Waals surface area contributed by atoms with Crippen molar-refractivity contribution in [1.29, 1.82) is 0 Å². The maximum Gasteiger partial charge on any atom is 0.235 e. The van der Waals surface area contributed by atoms with Crippen molar-refractivity contribution in [1.82, 2.24) is 0 Å². The zero-order valence-corrected chi connectivity index (χ0v) is 10.6. The van der Waals surface area contributed by atoms with E-state index in [0.29, 0.717) is 0 Å². The highest BCUT2D eigenvalue weighted by Gasteiger charge is 2.50. The fourth-order valence-electron chi connectivity index (χ4n) is 3.02. The summed E-state index contributed by atoms with van der Waals surface area (Å²) in [6.07, 6.45) is 6.89. The van der Waals surface area contributed by atoms with Gasteiger partial charge in [-0.15, -0.1) is 0 Å². The number of nitrogens with zero attached hydrogens (tertiary/aromatic N) is 1. The smallest absolute Gasteiger partial charge is 0.235 e. The highest BCUT2D eigenvalue weighted by Crippen LogP contribution is 2.55. The molecule has 0 radical (unpaired) electrons. The molecule has 1 aromatic carbocycles. The molecular weight excluding hydrogens is 226 g/mol. The normalized spacial score (nSPS) is 22.7. The van der Waals surface area contributed by atoms with Gasteiger partial charge in [0.25, 0.3) is 0 Å². The number of isocyanates is 1. The third-order valence-electron chi connectivity index (χ3n) is 4.45. The van der Waals surface area contributed by atoms with Crippen LogP contribution in [0.3, 0.4) is 0 Å². The van der Waals surface area contributed by atoms with Gasteiger partial charge in [0.2, 0.25) is 6.08 Å². The van der Waals surface area contributed by atoms with Crippen molar-refractivity contribution in [3.8, 4) is 0 Å². The van der Waals surface area contributed by atoms with Crippen molar-refractivity contribution in [2.24, 2.45) is 4.99 Å². The molecular formula is C15H17NO2. The molecule has 2 aliphatic carbocycles. The molecule has 0 aliphatic heterocycles. The van der Waals surface area contributed by atoms with Crippen LogP contribution >= 0.6 is 0 Å². The molecule has 1 aromatic rings. The summed E-state index contributed by atoms with van der Waals surface area (Å²) >= 11 is 0. The lowest BCUT2D eigenvalue weighted by atomic mass is 9.70. The van der Waals surface area contributed by atoms with Crippen LogP contribution in [0.4, 0.5) is 0 Å². The molecule has 0 N–H and O–H groups in total. The molecule has 0 heterocycles. The van der Waals surface area contributed by atoms with E-state index < -0.39 is 0 Å². The quantitative estimate of drug-likeness (QED) is 0.602. The third-order valence-corrected chi connectivity index (χ3v) is 4.45. The largest absolute Gasteiger partial charge is 0.374 e. The Kier molecular flexibility index (Phi) is 2.61. The first-order valence-corrected chi connectivity index (χ1v) is 6.51. The molecule has 0 unspecified atom stereocenters. The van der Waals surface area contributed by atoms with E-state index in [0.717, 1.165) is 32.1 Å². The van der Waals surface area contributed by atoms with Crippen LogP contribution in [0.2, 0.25) is 0 Å². The van der Waals surface area contributed by atoms with Crippen LogP contribution in [0.15, 0.2) is 29.3 Å². The maximum atomic E-state index is 10.7. The molecule has 0 saturated heterocycles. The molecule has 0 amide bonds. The van der Waals surface area contributed by atoms with Crippen molar-refractivity contribution in [2.45, 2.75) is 43.2 Å². The Bertz CT molecular complexity index is 509. The Balaban J connectivity index is 2.09. The number of carbonyl (C=O) groups excluding carboxylic acids is 1. The summed E-state index contributed by atoms with van der Waals surface area (Å²) < 4.78 is 5.68. The summed E-state index contributed by atoms with van der Waals surface area (Å²) in [6.45, 7) is 0. The molecule has 2 fully saturated rings. The Morgan fingerprint density at radius 2 is 1.83 bits per heavy atom. The van der Waals surface area contributed by atoms with Crippen LogP contribution in [0.25, 0.3) is 0 Å². The third kappa shape index (κ3) is 1.55. The van der Waals surface area contributed by atoms with Gasteiger partial charge in [-0.25, -0.2) is 4.79 Å². The monoisotopic (exact) mass is 243 g/mol. The van der Waals surface area contributed by atoms with E-state index in [2.05, 4.69) is 17.1 Å². The molecule has 2 aliphatic rings. The number of rotatable bonds is 4. The molecule has 94 valence electrons. The van der Waals surface area contributed by atoms with Crippen LogP contribution in [0.1, 0.15) is 43.2 Å². The average molecular weight is 243 g/mol. The van der Waals surface area contributed by atoms with Crippen molar-refractivity contribution < 1.29 is 9.53 Å². The Hall–Kier alpha value is -1.44. The molecule has 3 heteroatoms. The number of methoxy groups -OCH3 is 1. The van der Waals surface area contributed by atoms with Gasteiger partial charge in [0.1, 0.15) is 0 Å². The van der Waals surface area contributed by atoms with Crippen molar-refractivity contribution in [2.75, 3.05) is 7.11 Å². The van der Waals surface area contributed by atoms with Crippen molar-refractivity contribution in [3.05, 3.63) is 35.4 Å². The van der Waals surface area contributed by atoms with Crippen LogP contribution < -0.4 is 0 Å². The standard InChI is InChI=1S/C15H17NO2/c1-18-15(9-10-15)13-6-3-2-5-12(13)14(16-11-17)7-4-8-14/h2-3,5-6H,4,7-10H2,1H3. The Morgan fingerprint density at radius 1 is 1.17 bits per heavy atom. The topological polar surface area (TPSA) is 38.7 Å². The molecule has 2 saturated carbocycles.